The van der Waals surface area contributed by atoms with Crippen LogP contribution in [0.5, 0.6) is 0 Å². The van der Waals surface area contributed by atoms with Crippen LogP contribution in [0.1, 0.15) is 137 Å². The predicted octanol–water partition coefficient (Wildman–Crippen LogP) is 7.80. The van der Waals surface area contributed by atoms with Gasteiger partial charge in [-0.3, -0.25) is 4.79 Å². The number of carbonyl (C=O) groups is 1. The van der Waals surface area contributed by atoms with Gasteiger partial charge < -0.3 is 18.6 Å². The van der Waals surface area contributed by atoms with Gasteiger partial charge in [0.1, 0.15) is 0 Å². The van der Waals surface area contributed by atoms with Crippen molar-refractivity contribution in [2.75, 3.05) is 26.4 Å². The van der Waals surface area contributed by atoms with Crippen molar-refractivity contribution < 1.29 is 18.1 Å². The van der Waals surface area contributed by atoms with Crippen LogP contribution in [0.2, 0.25) is 6.04 Å². The van der Waals surface area contributed by atoms with Crippen molar-refractivity contribution >= 4 is 14.7 Å². The second kappa shape index (κ2) is 24.7. The van der Waals surface area contributed by atoms with Gasteiger partial charge in [-0.25, -0.2) is 0 Å². The van der Waals surface area contributed by atoms with E-state index in [1.807, 2.05) is 20.8 Å². The van der Waals surface area contributed by atoms with Gasteiger partial charge >= 0.3 is 8.80 Å². The lowest BCUT2D eigenvalue weighted by Crippen LogP contribution is -2.46. The zero-order valence-corrected chi connectivity index (χ0v) is 23.7. The summed E-state index contributed by atoms with van der Waals surface area (Å²) in [6.07, 6.45) is 21.7. The molecule has 0 aliphatic carbocycles. The summed E-state index contributed by atoms with van der Waals surface area (Å²) < 4.78 is 17.6. The molecule has 0 aliphatic rings. The lowest BCUT2D eigenvalue weighted by molar-refractivity contribution is -0.121. The van der Waals surface area contributed by atoms with Crippen molar-refractivity contribution in [2.45, 2.75) is 143 Å². The maximum Gasteiger partial charge on any atom is 0.500 e. The summed E-state index contributed by atoms with van der Waals surface area (Å²) in [7, 11) is -2.58. The molecule has 0 aliphatic heterocycles. The van der Waals surface area contributed by atoms with Crippen LogP contribution < -0.4 is 5.32 Å². The van der Waals surface area contributed by atoms with Crippen LogP contribution in [-0.4, -0.2) is 41.1 Å². The molecule has 0 saturated heterocycles. The molecule has 1 amide bonds. The highest BCUT2D eigenvalue weighted by atomic mass is 28.4. The molecule has 33 heavy (non-hydrogen) atoms. The SMILES string of the molecule is CCCCCCCCCCCCCCCCCC(=O)NCCC[Si](OCC)(OCC)OCC. The quantitative estimate of drug-likeness (QED) is 0.0998. The molecule has 1 N–H and O–H groups in total. The summed E-state index contributed by atoms with van der Waals surface area (Å²) in [6.45, 7) is 10.6. The largest absolute Gasteiger partial charge is 0.500 e. The van der Waals surface area contributed by atoms with Crippen LogP contribution in [0.25, 0.3) is 0 Å². The molecule has 198 valence electrons. The average molecular weight is 488 g/mol. The monoisotopic (exact) mass is 487 g/mol. The number of rotatable bonds is 26. The standard InChI is InChI=1S/C27H57NO4Si/c1-5-9-10-11-12-13-14-15-16-17-18-19-20-21-22-24-27(29)28-25-23-26-33(30-6-2,31-7-3)32-8-4/h5-26H2,1-4H3,(H,28,29). The molecule has 0 atom stereocenters. The first-order chi connectivity index (χ1) is 16.1. The number of carbonyl (C=O) groups excluding carboxylic acids is 1. The Balaban J connectivity index is 3.53. The van der Waals surface area contributed by atoms with Crippen LogP contribution >= 0.6 is 0 Å². The highest BCUT2D eigenvalue weighted by Crippen LogP contribution is 2.18. The van der Waals surface area contributed by atoms with Crippen LogP contribution in [0, 0.1) is 0 Å². The molecule has 0 radical (unpaired) electrons. The van der Waals surface area contributed by atoms with Crippen molar-refractivity contribution in [1.29, 1.82) is 0 Å². The Morgan fingerprint density at radius 3 is 1.36 bits per heavy atom. The van der Waals surface area contributed by atoms with Gasteiger partial charge in [-0.15, -0.1) is 0 Å². The second-order valence-corrected chi connectivity index (χ2v) is 11.9. The van der Waals surface area contributed by atoms with Crippen molar-refractivity contribution in [1.82, 2.24) is 5.32 Å². The molecule has 0 unspecified atom stereocenters. The number of unbranched alkanes of at least 4 members (excludes halogenated alkanes) is 14. The lowest BCUT2D eigenvalue weighted by Gasteiger charge is -2.28. The van der Waals surface area contributed by atoms with Crippen molar-refractivity contribution in [3.8, 4) is 0 Å². The Labute approximate surface area is 207 Å². The molecule has 0 aromatic heterocycles. The van der Waals surface area contributed by atoms with Crippen molar-refractivity contribution in [2.24, 2.45) is 0 Å². The van der Waals surface area contributed by atoms with Crippen LogP contribution in [0.15, 0.2) is 0 Å². The molecule has 0 saturated carbocycles. The summed E-state index contributed by atoms with van der Waals surface area (Å²) in [4.78, 5) is 12.1. The first kappa shape index (κ1) is 32.6. The fourth-order valence-electron chi connectivity index (χ4n) is 4.28. The van der Waals surface area contributed by atoms with E-state index in [4.69, 9.17) is 13.3 Å². The van der Waals surface area contributed by atoms with Crippen LogP contribution in [0.4, 0.5) is 0 Å². The Morgan fingerprint density at radius 1 is 0.576 bits per heavy atom. The topological polar surface area (TPSA) is 56.8 Å². The first-order valence-electron chi connectivity index (χ1n) is 14.3. The Hall–Kier alpha value is -0.433. The molecule has 5 nitrogen and oxygen atoms in total. The Bertz CT molecular complexity index is 406. The maximum atomic E-state index is 12.1. The third-order valence-corrected chi connectivity index (χ3v) is 9.23. The van der Waals surface area contributed by atoms with Gasteiger partial charge in [-0.1, -0.05) is 96.8 Å². The number of amides is 1. The van der Waals surface area contributed by atoms with Gasteiger partial charge in [-0.2, -0.15) is 0 Å². The summed E-state index contributed by atoms with van der Waals surface area (Å²) in [5, 5.41) is 3.05. The maximum absolute atomic E-state index is 12.1. The Kier molecular flexibility index (Phi) is 24.4. The van der Waals surface area contributed by atoms with Gasteiger partial charge in [0.25, 0.3) is 0 Å². The summed E-state index contributed by atoms with van der Waals surface area (Å²) in [5.41, 5.74) is 0. The molecule has 6 heteroatoms. The van der Waals surface area contributed by atoms with E-state index < -0.39 is 8.80 Å². The zero-order chi connectivity index (χ0) is 24.5. The summed E-state index contributed by atoms with van der Waals surface area (Å²) in [6, 6.07) is 0.752. The molecule has 0 bridgehead atoms. The summed E-state index contributed by atoms with van der Waals surface area (Å²) in [5.74, 6) is 0.168. The minimum atomic E-state index is -2.58. The smallest absolute Gasteiger partial charge is 0.374 e. The third-order valence-electron chi connectivity index (χ3n) is 6.08. The second-order valence-electron chi connectivity index (χ2n) is 9.14. The van der Waals surface area contributed by atoms with Gasteiger partial charge in [0, 0.05) is 38.8 Å². The summed E-state index contributed by atoms with van der Waals surface area (Å²) >= 11 is 0. The highest BCUT2D eigenvalue weighted by Gasteiger charge is 2.39. The van der Waals surface area contributed by atoms with E-state index in [0.717, 1.165) is 18.9 Å². The normalized spacial score (nSPS) is 11.8. The molecular weight excluding hydrogens is 430 g/mol. The lowest BCUT2D eigenvalue weighted by atomic mass is 10.0. The number of hydrogen-bond acceptors (Lipinski definition) is 4. The fourth-order valence-corrected chi connectivity index (χ4v) is 6.89. The van der Waals surface area contributed by atoms with Gasteiger partial charge in [0.05, 0.1) is 0 Å². The van der Waals surface area contributed by atoms with Gasteiger partial charge in [-0.05, 0) is 33.6 Å². The van der Waals surface area contributed by atoms with Crippen molar-refractivity contribution in [3.05, 3.63) is 0 Å². The number of nitrogens with one attached hydrogen (secondary N) is 1. The molecule has 0 rings (SSSR count). The van der Waals surface area contributed by atoms with E-state index in [1.54, 1.807) is 0 Å². The van der Waals surface area contributed by atoms with E-state index in [2.05, 4.69) is 12.2 Å². The number of hydrogen-bond donors (Lipinski definition) is 1. The van der Waals surface area contributed by atoms with E-state index in [1.165, 1.54) is 89.9 Å². The van der Waals surface area contributed by atoms with Crippen LogP contribution in [0.3, 0.4) is 0 Å². The molecule has 0 aromatic rings. The predicted molar refractivity (Wildman–Crippen MR) is 143 cm³/mol. The molecule has 0 aromatic carbocycles. The minimum Gasteiger partial charge on any atom is -0.374 e. The van der Waals surface area contributed by atoms with E-state index in [-0.39, 0.29) is 5.91 Å². The first-order valence-corrected chi connectivity index (χ1v) is 16.3. The fraction of sp³-hybridized carbons (Fsp3) is 0.963. The minimum absolute atomic E-state index is 0.168. The molecule has 0 spiro atoms. The van der Waals surface area contributed by atoms with Crippen molar-refractivity contribution in [3.63, 3.8) is 0 Å². The average Bonchev–Trinajstić information content (AvgIpc) is 2.80. The third kappa shape index (κ3) is 20.6. The van der Waals surface area contributed by atoms with Gasteiger partial charge in [0.15, 0.2) is 0 Å². The molecule has 0 fully saturated rings. The van der Waals surface area contributed by atoms with Gasteiger partial charge in [0.2, 0.25) is 5.91 Å². The highest BCUT2D eigenvalue weighted by molar-refractivity contribution is 6.60. The van der Waals surface area contributed by atoms with Crippen LogP contribution in [-0.2, 0) is 18.1 Å². The molecular formula is C27H57NO4Si. The zero-order valence-electron chi connectivity index (χ0n) is 22.7. The van der Waals surface area contributed by atoms with E-state index in [9.17, 15) is 4.79 Å². The Morgan fingerprint density at radius 2 is 0.970 bits per heavy atom. The van der Waals surface area contributed by atoms with E-state index >= 15 is 0 Å². The van der Waals surface area contributed by atoms with E-state index in [0.29, 0.717) is 32.8 Å². The molecule has 0 heterocycles.